The number of carbonyl (C=O) groups excluding carboxylic acids is 1. The van der Waals surface area contributed by atoms with E-state index in [9.17, 15) is 9.90 Å². The molecule has 2 atom stereocenters. The zero-order valence-corrected chi connectivity index (χ0v) is 8.37. The largest absolute Gasteiger partial charge is 0.382 e. The third kappa shape index (κ3) is 2.07. The maximum absolute atomic E-state index is 11.3. The van der Waals surface area contributed by atoms with Gasteiger partial charge in [0.25, 0.3) is 0 Å². The summed E-state index contributed by atoms with van der Waals surface area (Å²) in [5, 5.41) is 9.75. The molecule has 0 amide bonds. The normalized spacial score (nSPS) is 32.9. The first-order chi connectivity index (χ1) is 5.97. The molecule has 0 aliphatic heterocycles. The van der Waals surface area contributed by atoms with E-state index in [0.29, 0.717) is 6.42 Å². The SMILES string of the molecule is CCC(=O)C1C=CC(C)(O)C(C)=C1. The molecule has 0 aromatic carbocycles. The molecule has 0 bridgehead atoms. The molecule has 72 valence electrons. The van der Waals surface area contributed by atoms with E-state index in [4.69, 9.17) is 0 Å². The van der Waals surface area contributed by atoms with E-state index in [1.54, 1.807) is 19.1 Å². The second kappa shape index (κ2) is 3.46. The van der Waals surface area contributed by atoms with Gasteiger partial charge in [-0.2, -0.15) is 0 Å². The molecule has 0 radical (unpaired) electrons. The van der Waals surface area contributed by atoms with Crippen LogP contribution in [-0.4, -0.2) is 16.5 Å². The molecule has 1 aliphatic rings. The average Bonchev–Trinajstić information content (AvgIpc) is 2.08. The van der Waals surface area contributed by atoms with Crippen molar-refractivity contribution in [3.8, 4) is 0 Å². The summed E-state index contributed by atoms with van der Waals surface area (Å²) in [5.41, 5.74) is -0.0216. The average molecular weight is 180 g/mol. The second-order valence-corrected chi connectivity index (χ2v) is 3.70. The molecular weight excluding hydrogens is 164 g/mol. The zero-order valence-electron chi connectivity index (χ0n) is 8.37. The minimum atomic E-state index is -0.871. The summed E-state index contributed by atoms with van der Waals surface area (Å²) in [6.45, 7) is 5.42. The van der Waals surface area contributed by atoms with Crippen LogP contribution in [0.5, 0.6) is 0 Å². The highest BCUT2D eigenvalue weighted by molar-refractivity contribution is 5.84. The van der Waals surface area contributed by atoms with Crippen LogP contribution >= 0.6 is 0 Å². The summed E-state index contributed by atoms with van der Waals surface area (Å²) in [5.74, 6) is 0.0660. The Morgan fingerprint density at radius 2 is 2.31 bits per heavy atom. The first-order valence-electron chi connectivity index (χ1n) is 4.60. The van der Waals surface area contributed by atoms with Gasteiger partial charge in [0.15, 0.2) is 0 Å². The summed E-state index contributed by atoms with van der Waals surface area (Å²) in [7, 11) is 0. The van der Waals surface area contributed by atoms with Crippen molar-refractivity contribution in [3.63, 3.8) is 0 Å². The lowest BCUT2D eigenvalue weighted by Crippen LogP contribution is -2.27. The van der Waals surface area contributed by atoms with Gasteiger partial charge in [0.1, 0.15) is 11.4 Å². The molecule has 2 nitrogen and oxygen atoms in total. The van der Waals surface area contributed by atoms with Crippen molar-refractivity contribution in [2.75, 3.05) is 0 Å². The van der Waals surface area contributed by atoms with Crippen LogP contribution in [0.4, 0.5) is 0 Å². The van der Waals surface area contributed by atoms with E-state index >= 15 is 0 Å². The Kier molecular flexibility index (Phi) is 2.71. The van der Waals surface area contributed by atoms with Crippen LogP contribution in [0.25, 0.3) is 0 Å². The van der Waals surface area contributed by atoms with Crippen molar-refractivity contribution in [1.82, 2.24) is 0 Å². The molecule has 0 aromatic rings. The minimum absolute atomic E-state index is 0.134. The van der Waals surface area contributed by atoms with Gasteiger partial charge in [-0.05, 0) is 19.4 Å². The van der Waals surface area contributed by atoms with E-state index in [0.717, 1.165) is 5.57 Å². The first-order valence-corrected chi connectivity index (χ1v) is 4.60. The fourth-order valence-electron chi connectivity index (χ4n) is 1.35. The van der Waals surface area contributed by atoms with Gasteiger partial charge in [0.05, 0.1) is 5.92 Å². The van der Waals surface area contributed by atoms with E-state index in [-0.39, 0.29) is 11.7 Å². The van der Waals surface area contributed by atoms with E-state index in [1.807, 2.05) is 19.9 Å². The highest BCUT2D eigenvalue weighted by Crippen LogP contribution is 2.26. The number of hydrogen-bond acceptors (Lipinski definition) is 2. The smallest absolute Gasteiger partial charge is 0.143 e. The van der Waals surface area contributed by atoms with Gasteiger partial charge < -0.3 is 5.11 Å². The molecule has 0 fully saturated rings. The van der Waals surface area contributed by atoms with Crippen LogP contribution in [0.15, 0.2) is 23.8 Å². The third-order valence-corrected chi connectivity index (χ3v) is 2.58. The minimum Gasteiger partial charge on any atom is -0.382 e. The van der Waals surface area contributed by atoms with E-state index in [2.05, 4.69) is 0 Å². The van der Waals surface area contributed by atoms with Gasteiger partial charge >= 0.3 is 0 Å². The molecule has 2 heteroatoms. The number of aliphatic hydroxyl groups is 1. The number of Topliss-reactive ketones (excluding diaryl/α,β-unsaturated/α-hetero) is 1. The third-order valence-electron chi connectivity index (χ3n) is 2.58. The molecule has 0 spiro atoms. The van der Waals surface area contributed by atoms with Crippen molar-refractivity contribution >= 4 is 5.78 Å². The molecule has 1 N–H and O–H groups in total. The Hall–Kier alpha value is -0.890. The van der Waals surface area contributed by atoms with Gasteiger partial charge in [-0.25, -0.2) is 0 Å². The molecule has 2 unspecified atom stereocenters. The Labute approximate surface area is 79.0 Å². The lowest BCUT2D eigenvalue weighted by molar-refractivity contribution is -0.120. The maximum Gasteiger partial charge on any atom is 0.143 e. The summed E-state index contributed by atoms with van der Waals surface area (Å²) in [6, 6.07) is 0. The molecule has 0 saturated carbocycles. The van der Waals surface area contributed by atoms with Gasteiger partial charge in [-0.15, -0.1) is 0 Å². The van der Waals surface area contributed by atoms with Crippen LogP contribution < -0.4 is 0 Å². The van der Waals surface area contributed by atoms with Crippen LogP contribution in [0, 0.1) is 5.92 Å². The second-order valence-electron chi connectivity index (χ2n) is 3.70. The predicted octanol–water partition coefficient (Wildman–Crippen LogP) is 1.85. The number of ketones is 1. The van der Waals surface area contributed by atoms with E-state index in [1.165, 1.54) is 0 Å². The zero-order chi connectivity index (χ0) is 10.1. The molecule has 1 aliphatic carbocycles. The van der Waals surface area contributed by atoms with Gasteiger partial charge in [-0.1, -0.05) is 25.2 Å². The lowest BCUT2D eigenvalue weighted by atomic mass is 9.85. The monoisotopic (exact) mass is 180 g/mol. The van der Waals surface area contributed by atoms with Crippen LogP contribution in [0.1, 0.15) is 27.2 Å². The quantitative estimate of drug-likeness (QED) is 0.658. The van der Waals surface area contributed by atoms with Gasteiger partial charge in [-0.3, -0.25) is 4.79 Å². The number of rotatable bonds is 2. The number of allylic oxidation sites excluding steroid dienone is 2. The number of hydrogen-bond donors (Lipinski definition) is 1. The molecule has 1 rings (SSSR count). The molecular formula is C11H16O2. The standard InChI is InChI=1S/C11H16O2/c1-4-10(12)9-5-6-11(3,13)8(2)7-9/h5-7,9,13H,4H2,1-3H3. The highest BCUT2D eigenvalue weighted by atomic mass is 16.3. The number of carbonyl (C=O) groups is 1. The van der Waals surface area contributed by atoms with Gasteiger partial charge in [0.2, 0.25) is 0 Å². The van der Waals surface area contributed by atoms with Crippen LogP contribution in [0.2, 0.25) is 0 Å². The summed E-state index contributed by atoms with van der Waals surface area (Å²) < 4.78 is 0. The maximum atomic E-state index is 11.3. The lowest BCUT2D eigenvalue weighted by Gasteiger charge is -2.25. The van der Waals surface area contributed by atoms with Crippen molar-refractivity contribution in [1.29, 1.82) is 0 Å². The molecule has 0 aromatic heterocycles. The fraction of sp³-hybridized carbons (Fsp3) is 0.545. The highest BCUT2D eigenvalue weighted by Gasteiger charge is 2.25. The predicted molar refractivity (Wildman–Crippen MR) is 52.3 cm³/mol. The Bertz CT molecular complexity index is 272. The van der Waals surface area contributed by atoms with Crippen molar-refractivity contribution in [2.24, 2.45) is 5.92 Å². The van der Waals surface area contributed by atoms with E-state index < -0.39 is 5.60 Å². The molecule has 13 heavy (non-hydrogen) atoms. The van der Waals surface area contributed by atoms with Crippen molar-refractivity contribution in [2.45, 2.75) is 32.8 Å². The van der Waals surface area contributed by atoms with Gasteiger partial charge in [0, 0.05) is 6.42 Å². The van der Waals surface area contributed by atoms with Crippen LogP contribution in [-0.2, 0) is 4.79 Å². The Morgan fingerprint density at radius 1 is 1.69 bits per heavy atom. The van der Waals surface area contributed by atoms with Crippen molar-refractivity contribution < 1.29 is 9.90 Å². The van der Waals surface area contributed by atoms with Crippen molar-refractivity contribution in [3.05, 3.63) is 23.8 Å². The summed E-state index contributed by atoms with van der Waals surface area (Å²) >= 11 is 0. The molecule has 0 saturated heterocycles. The summed E-state index contributed by atoms with van der Waals surface area (Å²) in [6.07, 6.45) is 5.85. The Balaban J connectivity index is 2.84. The summed E-state index contributed by atoms with van der Waals surface area (Å²) in [4.78, 5) is 11.3. The fourth-order valence-corrected chi connectivity index (χ4v) is 1.35. The molecule has 0 heterocycles. The van der Waals surface area contributed by atoms with Crippen LogP contribution in [0.3, 0.4) is 0 Å². The first kappa shape index (κ1) is 10.2. The Morgan fingerprint density at radius 3 is 2.77 bits per heavy atom. The topological polar surface area (TPSA) is 37.3 Å².